The maximum Gasteiger partial charge on any atom is 0.387 e. The lowest BCUT2D eigenvalue weighted by Gasteiger charge is -2.12. The molecule has 0 spiro atoms. The van der Waals surface area contributed by atoms with Gasteiger partial charge in [-0.15, -0.1) is 0 Å². The molecule has 0 bridgehead atoms. The predicted octanol–water partition coefficient (Wildman–Crippen LogP) is 3.73. The summed E-state index contributed by atoms with van der Waals surface area (Å²) >= 11 is 0. The van der Waals surface area contributed by atoms with E-state index < -0.39 is 6.61 Å². The molecule has 1 aromatic heterocycles. The molecule has 1 heterocycles. The lowest BCUT2D eigenvalue weighted by Crippen LogP contribution is -2.36. The van der Waals surface area contributed by atoms with E-state index >= 15 is 0 Å². The molecule has 0 aliphatic carbocycles. The van der Waals surface area contributed by atoms with E-state index in [1.165, 1.54) is 6.07 Å². The first kappa shape index (κ1) is 20.3. The topological polar surface area (TPSA) is 63.5 Å². The molecule has 2 N–H and O–H groups in total. The van der Waals surface area contributed by atoms with Gasteiger partial charge in [-0.2, -0.15) is 13.9 Å². The Hall–Kier alpha value is -3.42. The molecular formula is C21H23F2N5O. The van der Waals surface area contributed by atoms with E-state index in [1.54, 1.807) is 22.9 Å². The molecule has 29 heavy (non-hydrogen) atoms. The van der Waals surface area contributed by atoms with Crippen molar-refractivity contribution in [2.24, 2.45) is 4.99 Å². The van der Waals surface area contributed by atoms with Gasteiger partial charge in [-0.25, -0.2) is 9.67 Å². The van der Waals surface area contributed by atoms with Gasteiger partial charge in [-0.1, -0.05) is 36.4 Å². The number of nitrogens with one attached hydrogen (secondary N) is 2. The molecular weight excluding hydrogens is 376 g/mol. The highest BCUT2D eigenvalue weighted by Crippen LogP contribution is 2.20. The molecule has 0 saturated heterocycles. The van der Waals surface area contributed by atoms with Crippen molar-refractivity contribution in [1.82, 2.24) is 20.4 Å². The standard InChI is InChI=1S/C21H23F2N5O/c1-2-24-21(25-14-16-8-6-7-11-19(16)29-20(22)23)26-15-17-12-13-28(27-17)18-9-4-3-5-10-18/h3-13,20H,2,14-15H2,1H3,(H2,24,25,26). The van der Waals surface area contributed by atoms with Crippen molar-refractivity contribution in [2.75, 3.05) is 6.54 Å². The molecule has 0 fully saturated rings. The Morgan fingerprint density at radius 1 is 1.07 bits per heavy atom. The number of aliphatic imine (C=N–C) groups is 1. The third kappa shape index (κ3) is 6.03. The van der Waals surface area contributed by atoms with Gasteiger partial charge in [0.05, 0.1) is 24.5 Å². The second kappa shape index (κ2) is 10.2. The summed E-state index contributed by atoms with van der Waals surface area (Å²) in [5.74, 6) is 0.692. The van der Waals surface area contributed by atoms with Crippen molar-refractivity contribution in [3.8, 4) is 11.4 Å². The Kier molecular flexibility index (Phi) is 7.16. The van der Waals surface area contributed by atoms with Crippen molar-refractivity contribution in [3.63, 3.8) is 0 Å². The van der Waals surface area contributed by atoms with Gasteiger partial charge in [-0.3, -0.25) is 0 Å². The fourth-order valence-corrected chi connectivity index (χ4v) is 2.71. The van der Waals surface area contributed by atoms with Crippen LogP contribution in [0.4, 0.5) is 8.78 Å². The molecule has 0 aliphatic heterocycles. The van der Waals surface area contributed by atoms with Crippen molar-refractivity contribution < 1.29 is 13.5 Å². The van der Waals surface area contributed by atoms with E-state index in [2.05, 4.69) is 25.5 Å². The highest BCUT2D eigenvalue weighted by molar-refractivity contribution is 5.79. The monoisotopic (exact) mass is 399 g/mol. The molecule has 3 rings (SSSR count). The summed E-state index contributed by atoms with van der Waals surface area (Å²) in [6, 6.07) is 18.4. The average molecular weight is 399 g/mol. The number of benzene rings is 2. The summed E-state index contributed by atoms with van der Waals surface area (Å²) in [6.07, 6.45) is 1.90. The number of nitrogens with zero attached hydrogens (tertiary/aromatic N) is 3. The van der Waals surface area contributed by atoms with Crippen LogP contribution in [0.5, 0.6) is 5.75 Å². The van der Waals surface area contributed by atoms with Crippen LogP contribution in [0.2, 0.25) is 0 Å². The maximum absolute atomic E-state index is 12.6. The van der Waals surface area contributed by atoms with Crippen LogP contribution in [-0.2, 0) is 13.1 Å². The van der Waals surface area contributed by atoms with Crippen LogP contribution in [0.25, 0.3) is 5.69 Å². The SMILES string of the molecule is CCNC(=NCc1ccccc1OC(F)F)NCc1ccn(-c2ccccc2)n1. The Labute approximate surface area is 168 Å². The van der Waals surface area contributed by atoms with Gasteiger partial charge in [0.25, 0.3) is 0 Å². The normalized spacial score (nSPS) is 11.5. The summed E-state index contributed by atoms with van der Waals surface area (Å²) in [6.45, 7) is 0.429. The van der Waals surface area contributed by atoms with Gasteiger partial charge in [0.2, 0.25) is 0 Å². The van der Waals surface area contributed by atoms with E-state index in [0.29, 0.717) is 24.6 Å². The van der Waals surface area contributed by atoms with Crippen LogP contribution < -0.4 is 15.4 Å². The zero-order chi connectivity index (χ0) is 20.5. The summed E-state index contributed by atoms with van der Waals surface area (Å²) in [7, 11) is 0. The number of para-hydroxylation sites is 2. The number of halogens is 2. The van der Waals surface area contributed by atoms with Crippen LogP contribution in [0.1, 0.15) is 18.2 Å². The van der Waals surface area contributed by atoms with Crippen molar-refractivity contribution in [3.05, 3.63) is 78.1 Å². The van der Waals surface area contributed by atoms with E-state index in [0.717, 1.165) is 11.4 Å². The zero-order valence-corrected chi connectivity index (χ0v) is 16.1. The van der Waals surface area contributed by atoms with Crippen LogP contribution >= 0.6 is 0 Å². The molecule has 0 aliphatic rings. The molecule has 0 atom stereocenters. The second-order valence-corrected chi connectivity index (χ2v) is 6.12. The van der Waals surface area contributed by atoms with Gasteiger partial charge in [-0.05, 0) is 31.2 Å². The fraction of sp³-hybridized carbons (Fsp3) is 0.238. The lowest BCUT2D eigenvalue weighted by atomic mass is 10.2. The number of rotatable bonds is 8. The highest BCUT2D eigenvalue weighted by atomic mass is 19.3. The molecule has 3 aromatic rings. The highest BCUT2D eigenvalue weighted by Gasteiger charge is 2.09. The number of ether oxygens (including phenoxy) is 1. The smallest absolute Gasteiger partial charge is 0.387 e. The van der Waals surface area contributed by atoms with E-state index in [9.17, 15) is 8.78 Å². The molecule has 0 saturated carbocycles. The second-order valence-electron chi connectivity index (χ2n) is 6.12. The van der Waals surface area contributed by atoms with Crippen LogP contribution in [0.3, 0.4) is 0 Å². The van der Waals surface area contributed by atoms with Crippen LogP contribution in [-0.4, -0.2) is 28.9 Å². The Balaban J connectivity index is 1.64. The Morgan fingerprint density at radius 2 is 1.83 bits per heavy atom. The summed E-state index contributed by atoms with van der Waals surface area (Å²) < 4.78 is 31.5. The molecule has 8 heteroatoms. The third-order valence-electron chi connectivity index (χ3n) is 4.04. The van der Waals surface area contributed by atoms with Crippen molar-refractivity contribution >= 4 is 5.96 Å². The first-order valence-corrected chi connectivity index (χ1v) is 9.30. The minimum atomic E-state index is -2.87. The minimum absolute atomic E-state index is 0.128. The van der Waals surface area contributed by atoms with Crippen molar-refractivity contribution in [1.29, 1.82) is 0 Å². The molecule has 0 unspecified atom stereocenters. The maximum atomic E-state index is 12.6. The quantitative estimate of drug-likeness (QED) is 0.448. The van der Waals surface area contributed by atoms with Crippen molar-refractivity contribution in [2.45, 2.75) is 26.6 Å². The molecule has 6 nitrogen and oxygen atoms in total. The number of hydrogen-bond donors (Lipinski definition) is 2. The van der Waals surface area contributed by atoms with Gasteiger partial charge in [0.15, 0.2) is 5.96 Å². The minimum Gasteiger partial charge on any atom is -0.434 e. The third-order valence-corrected chi connectivity index (χ3v) is 4.04. The first-order chi connectivity index (χ1) is 14.2. The van der Waals surface area contributed by atoms with E-state index in [4.69, 9.17) is 0 Å². The van der Waals surface area contributed by atoms with Crippen LogP contribution in [0.15, 0.2) is 71.9 Å². The largest absolute Gasteiger partial charge is 0.434 e. The Morgan fingerprint density at radius 3 is 2.59 bits per heavy atom. The fourth-order valence-electron chi connectivity index (χ4n) is 2.71. The Bertz CT molecular complexity index is 928. The van der Waals surface area contributed by atoms with Gasteiger partial charge < -0.3 is 15.4 Å². The summed E-state index contributed by atoms with van der Waals surface area (Å²) in [4.78, 5) is 4.47. The summed E-state index contributed by atoms with van der Waals surface area (Å²) in [5.41, 5.74) is 2.41. The zero-order valence-electron chi connectivity index (χ0n) is 16.1. The van der Waals surface area contributed by atoms with E-state index in [-0.39, 0.29) is 12.3 Å². The first-order valence-electron chi connectivity index (χ1n) is 9.30. The molecule has 0 radical (unpaired) electrons. The molecule has 152 valence electrons. The number of guanidine groups is 1. The predicted molar refractivity (Wildman–Crippen MR) is 108 cm³/mol. The van der Waals surface area contributed by atoms with Gasteiger partial charge >= 0.3 is 6.61 Å². The molecule has 2 aromatic carbocycles. The lowest BCUT2D eigenvalue weighted by molar-refractivity contribution is -0.0504. The average Bonchev–Trinajstić information content (AvgIpc) is 3.20. The van der Waals surface area contributed by atoms with Gasteiger partial charge in [0.1, 0.15) is 5.75 Å². The van der Waals surface area contributed by atoms with Crippen LogP contribution in [0, 0.1) is 0 Å². The van der Waals surface area contributed by atoms with E-state index in [1.807, 2.05) is 49.5 Å². The number of hydrogen-bond acceptors (Lipinski definition) is 3. The summed E-state index contributed by atoms with van der Waals surface area (Å²) in [5, 5.41) is 10.9. The van der Waals surface area contributed by atoms with Gasteiger partial charge in [0, 0.05) is 18.3 Å². The number of alkyl halides is 2. The number of aromatic nitrogens is 2. The molecule has 0 amide bonds.